The Morgan fingerprint density at radius 1 is 0.929 bits per heavy atom. The zero-order valence-corrected chi connectivity index (χ0v) is 14.6. The Bertz CT molecular complexity index is 1060. The molecule has 5 nitrogen and oxygen atoms in total. The minimum absolute atomic E-state index is 0.0216. The molecule has 1 saturated heterocycles. The predicted molar refractivity (Wildman–Crippen MR) is 102 cm³/mol. The van der Waals surface area contributed by atoms with Crippen LogP contribution in [0.5, 0.6) is 0 Å². The molecular formula is C22H15FN2O3. The van der Waals surface area contributed by atoms with Crippen molar-refractivity contribution in [3.05, 3.63) is 102 Å². The largest absolute Gasteiger partial charge is 0.507 e. The van der Waals surface area contributed by atoms with E-state index in [-0.39, 0.29) is 11.3 Å². The van der Waals surface area contributed by atoms with Crippen molar-refractivity contribution in [1.29, 1.82) is 0 Å². The molecule has 1 fully saturated rings. The topological polar surface area (TPSA) is 70.5 Å². The number of aliphatic hydroxyl groups is 1. The molecule has 1 aromatic heterocycles. The SMILES string of the molecule is O=C1C(=O)N(c2ccc(F)cc2)C(c2ccccc2)/C1=C(/O)c1ccncc1. The smallest absolute Gasteiger partial charge is 0.300 e. The van der Waals surface area contributed by atoms with E-state index in [4.69, 9.17) is 0 Å². The number of anilines is 1. The predicted octanol–water partition coefficient (Wildman–Crippen LogP) is 3.85. The van der Waals surface area contributed by atoms with E-state index in [2.05, 4.69) is 4.98 Å². The Morgan fingerprint density at radius 2 is 1.57 bits per heavy atom. The van der Waals surface area contributed by atoms with E-state index >= 15 is 0 Å². The fraction of sp³-hybridized carbons (Fsp3) is 0.0455. The van der Waals surface area contributed by atoms with Gasteiger partial charge in [-0.1, -0.05) is 30.3 Å². The highest BCUT2D eigenvalue weighted by Gasteiger charge is 2.46. The van der Waals surface area contributed by atoms with Crippen LogP contribution in [-0.2, 0) is 9.59 Å². The lowest BCUT2D eigenvalue weighted by atomic mass is 9.95. The summed E-state index contributed by atoms with van der Waals surface area (Å²) in [4.78, 5) is 30.9. The summed E-state index contributed by atoms with van der Waals surface area (Å²) in [5.74, 6) is -2.31. The number of hydrogen-bond acceptors (Lipinski definition) is 4. The van der Waals surface area contributed by atoms with Gasteiger partial charge >= 0.3 is 0 Å². The highest BCUT2D eigenvalue weighted by molar-refractivity contribution is 6.51. The quantitative estimate of drug-likeness (QED) is 0.430. The lowest BCUT2D eigenvalue weighted by molar-refractivity contribution is -0.132. The number of ketones is 1. The molecule has 2 aromatic carbocycles. The molecule has 1 atom stereocenters. The number of carbonyl (C=O) groups excluding carboxylic acids is 2. The Labute approximate surface area is 160 Å². The number of aromatic nitrogens is 1. The first kappa shape index (κ1) is 17.6. The molecule has 1 aliphatic heterocycles. The van der Waals surface area contributed by atoms with Crippen molar-refractivity contribution in [2.45, 2.75) is 6.04 Å². The van der Waals surface area contributed by atoms with Gasteiger partial charge in [-0.05, 0) is 42.0 Å². The van der Waals surface area contributed by atoms with Crippen molar-refractivity contribution < 1.29 is 19.1 Å². The molecule has 0 spiro atoms. The van der Waals surface area contributed by atoms with Crippen molar-refractivity contribution >= 4 is 23.1 Å². The maximum atomic E-state index is 13.4. The van der Waals surface area contributed by atoms with Gasteiger partial charge in [0, 0.05) is 23.6 Å². The molecule has 6 heteroatoms. The summed E-state index contributed by atoms with van der Waals surface area (Å²) in [5, 5.41) is 10.8. The first-order valence-electron chi connectivity index (χ1n) is 8.60. The van der Waals surface area contributed by atoms with Crippen molar-refractivity contribution in [1.82, 2.24) is 4.98 Å². The first-order chi connectivity index (χ1) is 13.6. The standard InChI is InChI=1S/C22H15FN2O3/c23-16-6-8-17(9-7-16)25-19(14-4-2-1-3-5-14)18(21(27)22(25)28)20(26)15-10-12-24-13-11-15/h1-13,19,26H/b20-18-. The monoisotopic (exact) mass is 374 g/mol. The maximum Gasteiger partial charge on any atom is 0.300 e. The van der Waals surface area contributed by atoms with Crippen LogP contribution in [0.25, 0.3) is 5.76 Å². The van der Waals surface area contributed by atoms with E-state index in [0.29, 0.717) is 16.8 Å². The Morgan fingerprint density at radius 3 is 2.21 bits per heavy atom. The minimum atomic E-state index is -0.833. The molecule has 1 amide bonds. The van der Waals surface area contributed by atoms with Gasteiger partial charge in [0.15, 0.2) is 0 Å². The Balaban J connectivity index is 1.94. The second kappa shape index (κ2) is 7.08. The van der Waals surface area contributed by atoms with E-state index in [1.165, 1.54) is 41.6 Å². The molecule has 1 N–H and O–H groups in total. The van der Waals surface area contributed by atoms with E-state index in [1.807, 2.05) is 6.07 Å². The van der Waals surface area contributed by atoms with Crippen LogP contribution >= 0.6 is 0 Å². The molecule has 0 bridgehead atoms. The molecule has 1 unspecified atom stereocenters. The number of benzene rings is 2. The summed E-state index contributed by atoms with van der Waals surface area (Å²) in [5.41, 5.74) is 1.38. The van der Waals surface area contributed by atoms with Crippen LogP contribution in [0.4, 0.5) is 10.1 Å². The van der Waals surface area contributed by atoms with Gasteiger partial charge in [0.05, 0.1) is 11.6 Å². The molecule has 3 aromatic rings. The number of Topliss-reactive ketones (excluding diaryl/α,β-unsaturated/α-hetero) is 1. The van der Waals surface area contributed by atoms with Crippen LogP contribution < -0.4 is 4.90 Å². The Kier molecular flexibility index (Phi) is 4.45. The van der Waals surface area contributed by atoms with Gasteiger partial charge in [0.2, 0.25) is 0 Å². The van der Waals surface area contributed by atoms with E-state index in [1.54, 1.807) is 36.4 Å². The summed E-state index contributed by atoms with van der Waals surface area (Å²) >= 11 is 0. The average molecular weight is 374 g/mol. The van der Waals surface area contributed by atoms with Gasteiger partial charge in [-0.3, -0.25) is 19.5 Å². The number of rotatable bonds is 3. The molecule has 0 aliphatic carbocycles. The van der Waals surface area contributed by atoms with Crippen molar-refractivity contribution in [2.75, 3.05) is 4.90 Å². The number of hydrogen-bond donors (Lipinski definition) is 1. The van der Waals surface area contributed by atoms with Gasteiger partial charge in [0.25, 0.3) is 11.7 Å². The zero-order valence-electron chi connectivity index (χ0n) is 14.6. The molecular weight excluding hydrogens is 359 g/mol. The van der Waals surface area contributed by atoms with Crippen molar-refractivity contribution in [3.8, 4) is 0 Å². The summed E-state index contributed by atoms with van der Waals surface area (Å²) in [6, 6.07) is 16.5. The highest BCUT2D eigenvalue weighted by atomic mass is 19.1. The highest BCUT2D eigenvalue weighted by Crippen LogP contribution is 2.41. The lowest BCUT2D eigenvalue weighted by Gasteiger charge is -2.25. The third-order valence-electron chi connectivity index (χ3n) is 4.62. The van der Waals surface area contributed by atoms with E-state index in [0.717, 1.165) is 0 Å². The molecule has 138 valence electrons. The lowest BCUT2D eigenvalue weighted by Crippen LogP contribution is -2.29. The summed E-state index contributed by atoms with van der Waals surface area (Å²) < 4.78 is 13.4. The van der Waals surface area contributed by atoms with Crippen LogP contribution in [0, 0.1) is 5.82 Å². The summed E-state index contributed by atoms with van der Waals surface area (Å²) in [6.45, 7) is 0. The molecule has 0 saturated carbocycles. The van der Waals surface area contributed by atoms with Crippen LogP contribution in [0.1, 0.15) is 17.2 Å². The number of halogens is 1. The van der Waals surface area contributed by atoms with Crippen molar-refractivity contribution in [3.63, 3.8) is 0 Å². The summed E-state index contributed by atoms with van der Waals surface area (Å²) in [6.07, 6.45) is 2.98. The fourth-order valence-electron chi connectivity index (χ4n) is 3.32. The number of amides is 1. The molecule has 4 rings (SSSR count). The van der Waals surface area contributed by atoms with Crippen LogP contribution in [-0.4, -0.2) is 21.8 Å². The average Bonchev–Trinajstić information content (AvgIpc) is 3.00. The zero-order chi connectivity index (χ0) is 19.7. The number of pyridine rings is 1. The van der Waals surface area contributed by atoms with Gasteiger partial charge in [-0.25, -0.2) is 4.39 Å². The van der Waals surface area contributed by atoms with Gasteiger partial charge in [-0.15, -0.1) is 0 Å². The van der Waals surface area contributed by atoms with E-state index < -0.39 is 23.5 Å². The van der Waals surface area contributed by atoms with Crippen LogP contribution in [0.15, 0.2) is 84.7 Å². The number of aliphatic hydroxyl groups excluding tert-OH is 1. The summed E-state index contributed by atoms with van der Waals surface area (Å²) in [7, 11) is 0. The third kappa shape index (κ3) is 2.95. The number of carbonyl (C=O) groups is 2. The first-order valence-corrected chi connectivity index (χ1v) is 8.60. The molecule has 2 heterocycles. The third-order valence-corrected chi connectivity index (χ3v) is 4.62. The molecule has 0 radical (unpaired) electrons. The normalized spacial score (nSPS) is 18.5. The van der Waals surface area contributed by atoms with Gasteiger partial charge in [0.1, 0.15) is 11.6 Å². The maximum absolute atomic E-state index is 13.4. The van der Waals surface area contributed by atoms with Crippen LogP contribution in [0.3, 0.4) is 0 Å². The second-order valence-electron chi connectivity index (χ2n) is 6.29. The Hall–Kier alpha value is -3.80. The number of nitrogens with zero attached hydrogens (tertiary/aromatic N) is 2. The molecule has 1 aliphatic rings. The van der Waals surface area contributed by atoms with Crippen LogP contribution in [0.2, 0.25) is 0 Å². The molecule has 28 heavy (non-hydrogen) atoms. The van der Waals surface area contributed by atoms with E-state index in [9.17, 15) is 19.1 Å². The van der Waals surface area contributed by atoms with Gasteiger partial charge in [-0.2, -0.15) is 0 Å². The fourth-order valence-corrected chi connectivity index (χ4v) is 3.32. The second-order valence-corrected chi connectivity index (χ2v) is 6.29. The minimum Gasteiger partial charge on any atom is -0.507 e. The van der Waals surface area contributed by atoms with Crippen molar-refractivity contribution in [2.24, 2.45) is 0 Å². The van der Waals surface area contributed by atoms with Gasteiger partial charge < -0.3 is 5.11 Å².